The van der Waals surface area contributed by atoms with Gasteiger partial charge in [-0.2, -0.15) is 0 Å². The van der Waals surface area contributed by atoms with Crippen molar-refractivity contribution in [3.63, 3.8) is 0 Å². The standard InChI is InChI=1S/C13H24N2O2/c16-10-13(6-2-1-3-7-13)9-15-12(17)11-5-4-8-14-11/h11,14,16H,1-10H2,(H,15,17)/t11-/m1/s1. The van der Waals surface area contributed by atoms with Crippen LogP contribution in [0.4, 0.5) is 0 Å². The van der Waals surface area contributed by atoms with Gasteiger partial charge in [-0.25, -0.2) is 0 Å². The minimum atomic E-state index is -0.0491. The van der Waals surface area contributed by atoms with Crippen LogP contribution in [-0.4, -0.2) is 36.8 Å². The van der Waals surface area contributed by atoms with Gasteiger partial charge in [0.05, 0.1) is 12.6 Å². The van der Waals surface area contributed by atoms with Crippen molar-refractivity contribution in [1.82, 2.24) is 10.6 Å². The van der Waals surface area contributed by atoms with Crippen LogP contribution in [0.1, 0.15) is 44.9 Å². The lowest BCUT2D eigenvalue weighted by atomic mass is 9.74. The number of carbonyl (C=O) groups is 1. The molecular weight excluding hydrogens is 216 g/mol. The maximum atomic E-state index is 11.9. The molecule has 0 radical (unpaired) electrons. The molecular formula is C13H24N2O2. The molecule has 2 fully saturated rings. The molecule has 1 heterocycles. The Bertz CT molecular complexity index is 256. The molecule has 4 heteroatoms. The fourth-order valence-corrected chi connectivity index (χ4v) is 3.00. The van der Waals surface area contributed by atoms with E-state index in [1.807, 2.05) is 0 Å². The normalized spacial score (nSPS) is 27.9. The first-order chi connectivity index (χ1) is 8.26. The molecule has 1 atom stereocenters. The smallest absolute Gasteiger partial charge is 0.237 e. The van der Waals surface area contributed by atoms with Gasteiger partial charge in [-0.1, -0.05) is 19.3 Å². The third-order valence-corrected chi connectivity index (χ3v) is 4.26. The molecule has 0 aromatic carbocycles. The summed E-state index contributed by atoms with van der Waals surface area (Å²) >= 11 is 0. The van der Waals surface area contributed by atoms with Crippen molar-refractivity contribution in [3.8, 4) is 0 Å². The number of hydrogen-bond donors (Lipinski definition) is 3. The number of rotatable bonds is 4. The Hall–Kier alpha value is -0.610. The third-order valence-electron chi connectivity index (χ3n) is 4.26. The van der Waals surface area contributed by atoms with Crippen molar-refractivity contribution in [3.05, 3.63) is 0 Å². The van der Waals surface area contributed by atoms with Crippen molar-refractivity contribution >= 4 is 5.91 Å². The van der Waals surface area contributed by atoms with Gasteiger partial charge in [-0.3, -0.25) is 4.79 Å². The van der Waals surface area contributed by atoms with Gasteiger partial charge >= 0.3 is 0 Å². The van der Waals surface area contributed by atoms with Crippen molar-refractivity contribution in [1.29, 1.82) is 0 Å². The molecule has 1 saturated heterocycles. The van der Waals surface area contributed by atoms with E-state index in [9.17, 15) is 9.90 Å². The van der Waals surface area contributed by atoms with Gasteiger partial charge in [-0.15, -0.1) is 0 Å². The zero-order valence-electron chi connectivity index (χ0n) is 10.5. The molecule has 2 rings (SSSR count). The zero-order chi connectivity index (χ0) is 12.1. The Morgan fingerprint density at radius 2 is 2.06 bits per heavy atom. The number of carbonyl (C=O) groups excluding carboxylic acids is 1. The molecule has 3 N–H and O–H groups in total. The number of amides is 1. The van der Waals surface area contributed by atoms with Gasteiger partial charge in [0.2, 0.25) is 5.91 Å². The number of hydrogen-bond acceptors (Lipinski definition) is 3. The van der Waals surface area contributed by atoms with E-state index in [1.54, 1.807) is 0 Å². The van der Waals surface area contributed by atoms with E-state index in [0.29, 0.717) is 6.54 Å². The second-order valence-corrected chi connectivity index (χ2v) is 5.59. The van der Waals surface area contributed by atoms with E-state index in [4.69, 9.17) is 0 Å². The Kier molecular flexibility index (Phi) is 4.40. The van der Waals surface area contributed by atoms with Crippen molar-refractivity contribution in [2.75, 3.05) is 19.7 Å². The highest BCUT2D eigenvalue weighted by molar-refractivity contribution is 5.82. The Morgan fingerprint density at radius 1 is 1.29 bits per heavy atom. The molecule has 0 unspecified atom stereocenters. The third kappa shape index (κ3) is 3.19. The van der Waals surface area contributed by atoms with Crippen LogP contribution in [0.25, 0.3) is 0 Å². The summed E-state index contributed by atoms with van der Waals surface area (Å²) < 4.78 is 0. The monoisotopic (exact) mass is 240 g/mol. The van der Waals surface area contributed by atoms with Crippen molar-refractivity contribution in [2.45, 2.75) is 51.0 Å². The van der Waals surface area contributed by atoms with E-state index >= 15 is 0 Å². The van der Waals surface area contributed by atoms with Crippen LogP contribution in [0, 0.1) is 5.41 Å². The fraction of sp³-hybridized carbons (Fsp3) is 0.923. The predicted octanol–water partition coefficient (Wildman–Crippen LogP) is 0.797. The highest BCUT2D eigenvalue weighted by atomic mass is 16.3. The molecule has 1 amide bonds. The van der Waals surface area contributed by atoms with Crippen LogP contribution < -0.4 is 10.6 Å². The SMILES string of the molecule is O=C(NCC1(CO)CCCCC1)[C@H]1CCCN1. The number of aliphatic hydroxyl groups excluding tert-OH is 1. The summed E-state index contributed by atoms with van der Waals surface area (Å²) in [5, 5.41) is 15.8. The number of nitrogens with one attached hydrogen (secondary N) is 2. The minimum Gasteiger partial charge on any atom is -0.396 e. The number of aliphatic hydroxyl groups is 1. The highest BCUT2D eigenvalue weighted by Crippen LogP contribution is 2.35. The first kappa shape index (κ1) is 12.8. The Morgan fingerprint density at radius 3 is 2.65 bits per heavy atom. The summed E-state index contributed by atoms with van der Waals surface area (Å²) in [6.45, 7) is 1.79. The molecule has 17 heavy (non-hydrogen) atoms. The van der Waals surface area contributed by atoms with E-state index in [2.05, 4.69) is 10.6 Å². The Labute approximate surface area is 103 Å². The molecule has 1 aliphatic heterocycles. The zero-order valence-corrected chi connectivity index (χ0v) is 10.5. The highest BCUT2D eigenvalue weighted by Gasteiger charge is 2.32. The van der Waals surface area contributed by atoms with Crippen LogP contribution in [0.3, 0.4) is 0 Å². The van der Waals surface area contributed by atoms with E-state index in [-0.39, 0.29) is 24.0 Å². The lowest BCUT2D eigenvalue weighted by Gasteiger charge is -2.35. The van der Waals surface area contributed by atoms with Crippen LogP contribution in [0.5, 0.6) is 0 Å². The minimum absolute atomic E-state index is 0.00525. The first-order valence-electron chi connectivity index (χ1n) is 6.88. The fourth-order valence-electron chi connectivity index (χ4n) is 3.00. The summed E-state index contributed by atoms with van der Waals surface area (Å²) in [7, 11) is 0. The molecule has 0 aromatic rings. The lowest BCUT2D eigenvalue weighted by molar-refractivity contribution is -0.123. The van der Waals surface area contributed by atoms with Crippen LogP contribution in [0.15, 0.2) is 0 Å². The van der Waals surface area contributed by atoms with Crippen LogP contribution in [0.2, 0.25) is 0 Å². The average molecular weight is 240 g/mol. The van der Waals surface area contributed by atoms with Crippen molar-refractivity contribution < 1.29 is 9.90 Å². The second kappa shape index (κ2) is 5.83. The van der Waals surface area contributed by atoms with Gasteiger partial charge in [0, 0.05) is 12.0 Å². The molecule has 1 saturated carbocycles. The Balaban J connectivity index is 1.80. The molecule has 4 nitrogen and oxygen atoms in total. The maximum Gasteiger partial charge on any atom is 0.237 e. The quantitative estimate of drug-likeness (QED) is 0.681. The molecule has 2 aliphatic rings. The summed E-state index contributed by atoms with van der Waals surface area (Å²) in [6.07, 6.45) is 7.74. The molecule has 0 aromatic heterocycles. The van der Waals surface area contributed by atoms with Gasteiger partial charge in [0.1, 0.15) is 0 Å². The van der Waals surface area contributed by atoms with Gasteiger partial charge in [0.15, 0.2) is 0 Å². The maximum absolute atomic E-state index is 11.9. The van der Waals surface area contributed by atoms with Crippen molar-refractivity contribution in [2.24, 2.45) is 5.41 Å². The van der Waals surface area contributed by atoms with E-state index < -0.39 is 0 Å². The second-order valence-electron chi connectivity index (χ2n) is 5.59. The van der Waals surface area contributed by atoms with E-state index in [0.717, 1.165) is 32.2 Å². The summed E-state index contributed by atoms with van der Waals surface area (Å²) in [5.41, 5.74) is -0.0491. The molecule has 0 bridgehead atoms. The van der Waals surface area contributed by atoms with E-state index in [1.165, 1.54) is 19.3 Å². The largest absolute Gasteiger partial charge is 0.396 e. The summed E-state index contributed by atoms with van der Waals surface area (Å²) in [4.78, 5) is 11.9. The van der Waals surface area contributed by atoms with Gasteiger partial charge in [-0.05, 0) is 32.2 Å². The van der Waals surface area contributed by atoms with Gasteiger partial charge < -0.3 is 15.7 Å². The van der Waals surface area contributed by atoms with Crippen LogP contribution in [-0.2, 0) is 4.79 Å². The van der Waals surface area contributed by atoms with Gasteiger partial charge in [0.25, 0.3) is 0 Å². The first-order valence-corrected chi connectivity index (χ1v) is 6.88. The van der Waals surface area contributed by atoms with Crippen LogP contribution >= 0.6 is 0 Å². The summed E-state index contributed by atoms with van der Waals surface area (Å²) in [6, 6.07) is -0.00525. The summed E-state index contributed by atoms with van der Waals surface area (Å²) in [5.74, 6) is 0.112. The lowest BCUT2D eigenvalue weighted by Crippen LogP contribution is -2.47. The molecule has 1 aliphatic carbocycles. The predicted molar refractivity (Wildman–Crippen MR) is 66.6 cm³/mol. The molecule has 0 spiro atoms. The molecule has 98 valence electrons. The topological polar surface area (TPSA) is 61.4 Å². The average Bonchev–Trinajstić information content (AvgIpc) is 2.91.